The van der Waals surface area contributed by atoms with Crippen molar-refractivity contribution in [2.75, 3.05) is 0 Å². The van der Waals surface area contributed by atoms with Crippen LogP contribution in [0.25, 0.3) is 16.5 Å². The third-order valence-electron chi connectivity index (χ3n) is 2.19. The number of aryl methyl sites for hydroxylation is 1. The first-order valence-electron chi connectivity index (χ1n) is 5.03. The monoisotopic (exact) mass is 203 g/mol. The van der Waals surface area contributed by atoms with Crippen LogP contribution in [0.4, 0.5) is 0 Å². The summed E-state index contributed by atoms with van der Waals surface area (Å²) in [6, 6.07) is 1.94. The molecule has 3 aromatic rings. The maximum atomic E-state index is 5.16. The van der Waals surface area contributed by atoms with Gasteiger partial charge in [0.1, 0.15) is 5.52 Å². The first kappa shape index (κ1) is 9.71. The Labute approximate surface area is 87.5 Å². The molecule has 0 aromatic carbocycles. The third-order valence-corrected chi connectivity index (χ3v) is 2.19. The molecule has 3 heterocycles. The van der Waals surface area contributed by atoms with Crippen LogP contribution in [-0.4, -0.2) is 14.8 Å². The molecule has 0 fully saturated rings. The highest BCUT2D eigenvalue weighted by atomic mass is 16.5. The van der Waals surface area contributed by atoms with Gasteiger partial charge in [-0.15, -0.1) is 0 Å². The number of pyridine rings is 1. The molecule has 0 spiro atoms. The molecule has 0 unspecified atom stereocenters. The van der Waals surface area contributed by atoms with Gasteiger partial charge in [-0.2, -0.15) is 5.10 Å². The average Bonchev–Trinajstić information content (AvgIpc) is 2.87. The summed E-state index contributed by atoms with van der Waals surface area (Å²) in [6.45, 7) is 6.00. The molecule has 0 aliphatic rings. The van der Waals surface area contributed by atoms with Crippen molar-refractivity contribution in [2.45, 2.75) is 20.8 Å². The van der Waals surface area contributed by atoms with Crippen molar-refractivity contribution in [1.82, 2.24) is 14.8 Å². The third kappa shape index (κ3) is 1.38. The van der Waals surface area contributed by atoms with Crippen LogP contribution < -0.4 is 0 Å². The van der Waals surface area contributed by atoms with Crippen LogP contribution in [-0.2, 0) is 0 Å². The highest BCUT2D eigenvalue weighted by molar-refractivity contribution is 5.91. The zero-order valence-electron chi connectivity index (χ0n) is 9.06. The largest absolute Gasteiger partial charge is 0.354 e. The molecule has 4 nitrogen and oxygen atoms in total. The van der Waals surface area contributed by atoms with Crippen LogP contribution in [0.5, 0.6) is 0 Å². The lowest BCUT2D eigenvalue weighted by atomic mass is 10.2. The van der Waals surface area contributed by atoms with Crippen molar-refractivity contribution in [3.8, 4) is 0 Å². The van der Waals surface area contributed by atoms with E-state index in [0.29, 0.717) is 0 Å². The second kappa shape index (κ2) is 3.73. The smallest absolute Gasteiger partial charge is 0.192 e. The van der Waals surface area contributed by atoms with Gasteiger partial charge in [-0.05, 0) is 18.6 Å². The molecule has 78 valence electrons. The number of hydrogen-bond acceptors (Lipinski definition) is 3. The minimum absolute atomic E-state index is 0.803. The number of aromatic nitrogens is 3. The van der Waals surface area contributed by atoms with Gasteiger partial charge in [-0.3, -0.25) is 0 Å². The lowest BCUT2D eigenvalue weighted by molar-refractivity contribution is 0.457. The topological polar surface area (TPSA) is 43.3 Å². The molecule has 0 atom stereocenters. The Bertz CT molecular complexity index is 580. The maximum Gasteiger partial charge on any atom is 0.192 e. The Kier molecular flexibility index (Phi) is 2.41. The summed E-state index contributed by atoms with van der Waals surface area (Å²) in [7, 11) is 0. The summed E-state index contributed by atoms with van der Waals surface area (Å²) in [4.78, 5) is 0. The minimum Gasteiger partial charge on any atom is -0.354 e. The van der Waals surface area contributed by atoms with Crippen LogP contribution in [0.3, 0.4) is 0 Å². The Hall–Kier alpha value is -1.84. The highest BCUT2D eigenvalue weighted by Crippen LogP contribution is 2.21. The highest BCUT2D eigenvalue weighted by Gasteiger charge is 2.07. The molecular weight excluding hydrogens is 190 g/mol. The van der Waals surface area contributed by atoms with Crippen LogP contribution in [0.15, 0.2) is 29.2 Å². The summed E-state index contributed by atoms with van der Waals surface area (Å²) in [5, 5.41) is 8.94. The van der Waals surface area contributed by atoms with E-state index in [4.69, 9.17) is 4.52 Å². The Morgan fingerprint density at radius 1 is 1.27 bits per heavy atom. The van der Waals surface area contributed by atoms with Gasteiger partial charge in [0.05, 0.1) is 12.4 Å². The molecule has 0 saturated carbocycles. The number of hydrogen-bond donors (Lipinski definition) is 0. The van der Waals surface area contributed by atoms with Crippen molar-refractivity contribution in [1.29, 1.82) is 0 Å². The fourth-order valence-corrected chi connectivity index (χ4v) is 1.54. The molecule has 15 heavy (non-hydrogen) atoms. The van der Waals surface area contributed by atoms with Gasteiger partial charge < -0.3 is 4.52 Å². The number of nitrogens with zero attached hydrogens (tertiary/aromatic N) is 3. The first-order chi connectivity index (χ1) is 7.36. The minimum atomic E-state index is 0.803. The number of fused-ring (bicyclic) bond motifs is 3. The molecule has 3 aromatic heterocycles. The molecule has 0 amide bonds. The molecule has 0 aliphatic carbocycles. The second-order valence-corrected chi connectivity index (χ2v) is 3.05. The summed E-state index contributed by atoms with van der Waals surface area (Å²) in [5.74, 6) is 0. The fourth-order valence-electron chi connectivity index (χ4n) is 1.54. The summed E-state index contributed by atoms with van der Waals surface area (Å²) in [5.41, 5.74) is 2.90. The molecule has 0 aliphatic heterocycles. The van der Waals surface area contributed by atoms with E-state index in [2.05, 4.69) is 10.3 Å². The summed E-state index contributed by atoms with van der Waals surface area (Å²) in [6.07, 6.45) is 5.43. The van der Waals surface area contributed by atoms with Crippen molar-refractivity contribution in [2.24, 2.45) is 0 Å². The van der Waals surface area contributed by atoms with Gasteiger partial charge >= 0.3 is 0 Å². The van der Waals surface area contributed by atoms with Crippen LogP contribution in [0.1, 0.15) is 19.4 Å². The van der Waals surface area contributed by atoms with Crippen molar-refractivity contribution < 1.29 is 4.52 Å². The molecule has 4 heteroatoms. The van der Waals surface area contributed by atoms with Crippen molar-refractivity contribution in [3.63, 3.8) is 0 Å². The lowest BCUT2D eigenvalue weighted by Crippen LogP contribution is -1.84. The van der Waals surface area contributed by atoms with Crippen LogP contribution in [0.2, 0.25) is 0 Å². The molecule has 0 N–H and O–H groups in total. The SMILES string of the molecule is CC.Cc1cnn2ccc3cnoc3c12. The van der Waals surface area contributed by atoms with Gasteiger partial charge in [0.15, 0.2) is 5.58 Å². The van der Waals surface area contributed by atoms with E-state index >= 15 is 0 Å². The van der Waals surface area contributed by atoms with E-state index < -0.39 is 0 Å². The van der Waals surface area contributed by atoms with Gasteiger partial charge in [-0.25, -0.2) is 4.52 Å². The summed E-state index contributed by atoms with van der Waals surface area (Å²) >= 11 is 0. The summed E-state index contributed by atoms with van der Waals surface area (Å²) < 4.78 is 6.95. The van der Waals surface area contributed by atoms with Gasteiger partial charge in [0.25, 0.3) is 0 Å². The molecular formula is C11H13N3O. The van der Waals surface area contributed by atoms with Crippen LogP contribution in [0, 0.1) is 6.92 Å². The fraction of sp³-hybridized carbons (Fsp3) is 0.273. The normalized spacial score (nSPS) is 10.3. The van der Waals surface area contributed by atoms with Crippen LogP contribution >= 0.6 is 0 Å². The molecule has 0 saturated heterocycles. The standard InChI is InChI=1S/C9H7N3O.C2H6/c1-6-4-10-12-3-2-7-5-11-13-9(7)8(6)12;1-2/h2-5H,1H3;1-2H3. The van der Waals surface area contributed by atoms with E-state index in [-0.39, 0.29) is 0 Å². The number of rotatable bonds is 0. The lowest BCUT2D eigenvalue weighted by Gasteiger charge is -1.92. The Balaban J connectivity index is 0.000000404. The Morgan fingerprint density at radius 3 is 2.87 bits per heavy atom. The predicted molar refractivity (Wildman–Crippen MR) is 58.8 cm³/mol. The quantitative estimate of drug-likeness (QED) is 0.564. The van der Waals surface area contributed by atoms with Gasteiger partial charge in [-0.1, -0.05) is 19.0 Å². The molecule has 0 bridgehead atoms. The Morgan fingerprint density at radius 2 is 2.07 bits per heavy atom. The van der Waals surface area contributed by atoms with E-state index in [9.17, 15) is 0 Å². The average molecular weight is 203 g/mol. The van der Waals surface area contributed by atoms with Gasteiger partial charge in [0, 0.05) is 11.6 Å². The van der Waals surface area contributed by atoms with E-state index in [1.54, 1.807) is 10.7 Å². The van der Waals surface area contributed by atoms with Crippen molar-refractivity contribution in [3.05, 3.63) is 30.2 Å². The zero-order valence-corrected chi connectivity index (χ0v) is 9.06. The zero-order chi connectivity index (χ0) is 10.8. The van der Waals surface area contributed by atoms with E-state index in [1.807, 2.05) is 39.2 Å². The first-order valence-corrected chi connectivity index (χ1v) is 5.03. The predicted octanol–water partition coefficient (Wildman–Crippen LogP) is 2.81. The molecule has 0 radical (unpaired) electrons. The van der Waals surface area contributed by atoms with Gasteiger partial charge in [0.2, 0.25) is 0 Å². The molecule has 3 rings (SSSR count). The maximum absolute atomic E-state index is 5.16. The van der Waals surface area contributed by atoms with Crippen molar-refractivity contribution >= 4 is 16.5 Å². The van der Waals surface area contributed by atoms with E-state index in [1.165, 1.54) is 0 Å². The van der Waals surface area contributed by atoms with E-state index in [0.717, 1.165) is 22.0 Å². The second-order valence-electron chi connectivity index (χ2n) is 3.05.